The van der Waals surface area contributed by atoms with Gasteiger partial charge in [-0.3, -0.25) is 14.2 Å². The topological polar surface area (TPSA) is 72.4 Å². The molecule has 4 rings (SSSR count). The minimum absolute atomic E-state index is 0.0647. The first kappa shape index (κ1) is 15.3. The van der Waals surface area contributed by atoms with Crippen molar-refractivity contribution < 1.29 is 22.7 Å². The van der Waals surface area contributed by atoms with Gasteiger partial charge in [0.15, 0.2) is 11.2 Å². The van der Waals surface area contributed by atoms with E-state index in [1.165, 1.54) is 24.3 Å². The molecule has 0 bridgehead atoms. The number of fused-ring (bicyclic) bond motifs is 2. The van der Waals surface area contributed by atoms with Crippen LogP contribution in [0, 0.1) is 0 Å². The van der Waals surface area contributed by atoms with Crippen LogP contribution in [0.5, 0.6) is 0 Å². The molecule has 0 unspecified atom stereocenters. The van der Waals surface area contributed by atoms with Crippen molar-refractivity contribution in [3.05, 3.63) is 68.3 Å². The Morgan fingerprint density at radius 1 is 1.00 bits per heavy atom. The zero-order chi connectivity index (χ0) is 17.9. The minimum Gasteiger partial charge on any atom is -0.504 e. The second-order valence-electron chi connectivity index (χ2n) is 5.41. The van der Waals surface area contributed by atoms with E-state index in [1.54, 1.807) is 18.2 Å². The number of aromatic nitrogens is 1. The Balaban J connectivity index is 2.46. The van der Waals surface area contributed by atoms with Crippen molar-refractivity contribution in [3.8, 4) is 5.69 Å². The SMILES string of the molecule is O=c1c(=C(O)C(F)(F)F)c(=O)n2c3ccccc3oc3cccc1c3-2. The van der Waals surface area contributed by atoms with E-state index < -0.39 is 28.1 Å². The first-order chi connectivity index (χ1) is 11.8. The molecule has 2 aromatic rings. The quantitative estimate of drug-likeness (QED) is 0.392. The summed E-state index contributed by atoms with van der Waals surface area (Å²) in [4.78, 5) is 25.1. The summed E-state index contributed by atoms with van der Waals surface area (Å²) in [7, 11) is 0. The summed E-state index contributed by atoms with van der Waals surface area (Å²) in [6.45, 7) is 0. The predicted octanol–water partition coefficient (Wildman–Crippen LogP) is 2.48. The van der Waals surface area contributed by atoms with E-state index in [9.17, 15) is 27.9 Å². The van der Waals surface area contributed by atoms with Crippen LogP contribution in [0.15, 0.2) is 56.5 Å². The molecule has 126 valence electrons. The van der Waals surface area contributed by atoms with Gasteiger partial charge in [0.05, 0.1) is 10.9 Å². The summed E-state index contributed by atoms with van der Waals surface area (Å²) in [5.74, 6) is -2.21. The van der Waals surface area contributed by atoms with Crippen molar-refractivity contribution in [1.29, 1.82) is 0 Å². The Bertz CT molecular complexity index is 1280. The number of hydrogen-bond acceptors (Lipinski definition) is 4. The molecule has 0 radical (unpaired) electrons. The van der Waals surface area contributed by atoms with Gasteiger partial charge in [-0.15, -0.1) is 0 Å². The Morgan fingerprint density at radius 2 is 1.68 bits per heavy atom. The number of alkyl halides is 3. The fourth-order valence-electron chi connectivity index (χ4n) is 2.89. The summed E-state index contributed by atoms with van der Waals surface area (Å²) in [5.41, 5.74) is -1.78. The first-order valence-corrected chi connectivity index (χ1v) is 7.10. The van der Waals surface area contributed by atoms with Crippen molar-refractivity contribution in [2.24, 2.45) is 0 Å². The van der Waals surface area contributed by atoms with Crippen molar-refractivity contribution >= 4 is 27.8 Å². The molecule has 25 heavy (non-hydrogen) atoms. The number of aliphatic hydroxyl groups excluding tert-OH is 1. The van der Waals surface area contributed by atoms with Gasteiger partial charge < -0.3 is 9.52 Å². The molecule has 0 fully saturated rings. The third-order valence-electron chi connectivity index (χ3n) is 3.94. The second-order valence-corrected chi connectivity index (χ2v) is 5.41. The Kier molecular flexibility index (Phi) is 2.96. The number of pyridine rings is 1. The van der Waals surface area contributed by atoms with Crippen molar-refractivity contribution in [2.45, 2.75) is 6.18 Å². The van der Waals surface area contributed by atoms with Gasteiger partial charge in [-0.05, 0) is 24.3 Å². The van der Waals surface area contributed by atoms with Crippen LogP contribution in [-0.2, 0) is 0 Å². The van der Waals surface area contributed by atoms with Crippen LogP contribution in [0.1, 0.15) is 0 Å². The van der Waals surface area contributed by atoms with Crippen molar-refractivity contribution in [2.75, 3.05) is 0 Å². The molecule has 2 aromatic carbocycles. The smallest absolute Gasteiger partial charge is 0.449 e. The molecule has 0 amide bonds. The number of rotatable bonds is 0. The number of benzene rings is 2. The maximum atomic E-state index is 12.9. The molecule has 0 aromatic heterocycles. The van der Waals surface area contributed by atoms with Crippen molar-refractivity contribution in [3.63, 3.8) is 0 Å². The predicted molar refractivity (Wildman–Crippen MR) is 84.1 cm³/mol. The van der Waals surface area contributed by atoms with Crippen LogP contribution in [0.3, 0.4) is 0 Å². The van der Waals surface area contributed by atoms with Gasteiger partial charge in [0.2, 0.25) is 11.2 Å². The zero-order valence-corrected chi connectivity index (χ0v) is 12.3. The molecule has 0 atom stereocenters. The average Bonchev–Trinajstić information content (AvgIpc) is 2.57. The van der Waals surface area contributed by atoms with Crippen LogP contribution < -0.4 is 16.2 Å². The van der Waals surface area contributed by atoms with E-state index >= 15 is 0 Å². The first-order valence-electron chi connectivity index (χ1n) is 7.10. The molecule has 2 aliphatic rings. The molecule has 0 spiro atoms. The maximum Gasteiger partial charge on any atom is 0.449 e. The molecule has 2 heterocycles. The van der Waals surface area contributed by atoms with Crippen LogP contribution in [0.2, 0.25) is 0 Å². The van der Waals surface area contributed by atoms with Crippen LogP contribution in [-0.4, -0.2) is 15.8 Å². The van der Waals surface area contributed by atoms with Gasteiger partial charge in [-0.2, -0.15) is 13.2 Å². The van der Waals surface area contributed by atoms with Gasteiger partial charge >= 0.3 is 6.18 Å². The summed E-state index contributed by atoms with van der Waals surface area (Å²) in [5, 5.41) is 8.01. The largest absolute Gasteiger partial charge is 0.504 e. The molecule has 0 saturated carbocycles. The lowest BCUT2D eigenvalue weighted by molar-refractivity contribution is -0.0898. The number of para-hydroxylation sites is 3. The highest BCUT2D eigenvalue weighted by molar-refractivity contribution is 5.89. The molecule has 0 aliphatic carbocycles. The lowest BCUT2D eigenvalue weighted by atomic mass is 10.1. The van der Waals surface area contributed by atoms with Gasteiger partial charge in [0.1, 0.15) is 10.9 Å². The van der Waals surface area contributed by atoms with E-state index in [4.69, 9.17) is 4.42 Å². The summed E-state index contributed by atoms with van der Waals surface area (Å²) < 4.78 is 45.4. The fraction of sp³-hybridized carbons (Fsp3) is 0.0588. The minimum atomic E-state index is -5.22. The van der Waals surface area contributed by atoms with E-state index in [1.807, 2.05) is 0 Å². The van der Waals surface area contributed by atoms with E-state index in [2.05, 4.69) is 0 Å². The lowest BCUT2D eigenvalue weighted by Gasteiger charge is -2.16. The normalized spacial score (nSPS) is 13.7. The third-order valence-corrected chi connectivity index (χ3v) is 3.94. The summed E-state index contributed by atoms with van der Waals surface area (Å²) in [6, 6.07) is 10.4. The van der Waals surface area contributed by atoms with E-state index in [0.29, 0.717) is 0 Å². The van der Waals surface area contributed by atoms with Crippen LogP contribution in [0.4, 0.5) is 13.2 Å². The average molecular weight is 347 g/mol. The number of nitrogens with zero attached hydrogens (tertiary/aromatic N) is 1. The molecule has 8 heteroatoms. The van der Waals surface area contributed by atoms with Crippen LogP contribution in [0.25, 0.3) is 33.5 Å². The standard InChI is InChI=1S/C17H8F3NO4/c18-17(19,20)15(23)12-14(22)8-4-3-7-11-13(8)21(16(12)24)9-5-1-2-6-10(9)25-11/h1-7,23H. The van der Waals surface area contributed by atoms with Gasteiger partial charge in [0.25, 0.3) is 5.56 Å². The lowest BCUT2D eigenvalue weighted by Crippen LogP contribution is -2.48. The summed E-state index contributed by atoms with van der Waals surface area (Å²) in [6.07, 6.45) is -5.22. The molecular weight excluding hydrogens is 339 g/mol. The van der Waals surface area contributed by atoms with Gasteiger partial charge in [-0.1, -0.05) is 18.2 Å². The molecule has 5 nitrogen and oxygen atoms in total. The van der Waals surface area contributed by atoms with Crippen molar-refractivity contribution in [1.82, 2.24) is 4.57 Å². The third kappa shape index (κ3) is 2.03. The van der Waals surface area contributed by atoms with Gasteiger partial charge in [-0.25, -0.2) is 0 Å². The van der Waals surface area contributed by atoms with Crippen LogP contribution >= 0.6 is 0 Å². The molecule has 1 N–H and O–H groups in total. The monoisotopic (exact) mass is 347 g/mol. The maximum absolute atomic E-state index is 12.9. The number of halogens is 3. The second kappa shape index (κ2) is 4.85. The highest BCUT2D eigenvalue weighted by Gasteiger charge is 2.37. The number of hydrogen-bond donors (Lipinski definition) is 1. The Morgan fingerprint density at radius 3 is 2.40 bits per heavy atom. The fourth-order valence-corrected chi connectivity index (χ4v) is 2.89. The molecule has 0 saturated heterocycles. The van der Waals surface area contributed by atoms with E-state index in [0.717, 1.165) is 4.57 Å². The Labute approximate surface area is 136 Å². The molecular formula is C17H8F3NO4. The summed E-state index contributed by atoms with van der Waals surface area (Å²) >= 11 is 0. The van der Waals surface area contributed by atoms with E-state index in [-0.39, 0.29) is 27.8 Å². The zero-order valence-electron chi connectivity index (χ0n) is 12.3. The Hall–Kier alpha value is -3.29. The van der Waals surface area contributed by atoms with Gasteiger partial charge in [0, 0.05) is 0 Å². The highest BCUT2D eigenvalue weighted by atomic mass is 19.4. The highest BCUT2D eigenvalue weighted by Crippen LogP contribution is 2.28. The number of aliphatic hydroxyl groups is 1. The molecule has 2 aliphatic heterocycles.